The fourth-order valence-electron chi connectivity index (χ4n) is 1.75. The van der Waals surface area contributed by atoms with Crippen molar-refractivity contribution in [3.63, 3.8) is 0 Å². The summed E-state index contributed by atoms with van der Waals surface area (Å²) < 4.78 is 4.24. The van der Waals surface area contributed by atoms with Crippen LogP contribution in [-0.4, -0.2) is 27.6 Å². The van der Waals surface area contributed by atoms with Crippen LogP contribution in [0.15, 0.2) is 22.9 Å². The van der Waals surface area contributed by atoms with Crippen molar-refractivity contribution in [2.45, 2.75) is 19.9 Å². The van der Waals surface area contributed by atoms with Crippen molar-refractivity contribution in [1.29, 1.82) is 0 Å². The van der Waals surface area contributed by atoms with Gasteiger partial charge in [-0.05, 0) is 53.3 Å². The van der Waals surface area contributed by atoms with Crippen LogP contribution in [0.25, 0.3) is 0 Å². The van der Waals surface area contributed by atoms with Crippen molar-refractivity contribution >= 4 is 40.4 Å². The Morgan fingerprint density at radius 2 is 2.37 bits per heavy atom. The van der Waals surface area contributed by atoms with Crippen molar-refractivity contribution in [2.24, 2.45) is 0 Å². The molecule has 0 fully saturated rings. The van der Waals surface area contributed by atoms with Gasteiger partial charge in [0.25, 0.3) is 0 Å². The largest absolute Gasteiger partial charge is 0.336 e. The molecule has 0 atom stereocenters. The zero-order valence-corrected chi connectivity index (χ0v) is 13.0. The third-order valence-corrected chi connectivity index (χ3v) is 4.56. The van der Waals surface area contributed by atoms with Crippen LogP contribution >= 0.6 is 34.5 Å². The van der Waals surface area contributed by atoms with Crippen molar-refractivity contribution in [2.75, 3.05) is 12.4 Å². The topological polar surface area (TPSA) is 33.2 Å². The molecule has 0 aliphatic heterocycles. The van der Waals surface area contributed by atoms with E-state index in [-0.39, 0.29) is 11.8 Å². The highest BCUT2D eigenvalue weighted by molar-refractivity contribution is 7.08. The van der Waals surface area contributed by atoms with Crippen molar-refractivity contribution in [1.82, 2.24) is 9.27 Å². The molecule has 0 aliphatic rings. The summed E-state index contributed by atoms with van der Waals surface area (Å²) in [5.41, 5.74) is 2.26. The Bertz CT molecular complexity index is 524. The Morgan fingerprint density at radius 1 is 1.53 bits per heavy atom. The standard InChI is InChI=1S/C13H15ClN2OS2/c1-10-6-12(19-15-10)8-16(13(17)7-14)4-2-11-3-5-18-9-11/h3,5-6,9H,2,4,7-8H2,1H3. The molecule has 0 saturated carbocycles. The molecule has 3 nitrogen and oxygen atoms in total. The van der Waals surface area contributed by atoms with Crippen LogP contribution in [0.2, 0.25) is 0 Å². The van der Waals surface area contributed by atoms with Gasteiger partial charge in [-0.3, -0.25) is 4.79 Å². The lowest BCUT2D eigenvalue weighted by atomic mass is 10.2. The lowest BCUT2D eigenvalue weighted by Gasteiger charge is -2.20. The van der Waals surface area contributed by atoms with Gasteiger partial charge in [0.15, 0.2) is 0 Å². The molecule has 1 amide bonds. The first-order valence-electron chi connectivity index (χ1n) is 5.96. The van der Waals surface area contributed by atoms with E-state index >= 15 is 0 Å². The number of rotatable bonds is 6. The lowest BCUT2D eigenvalue weighted by molar-refractivity contribution is -0.129. The molecule has 0 unspecified atom stereocenters. The molecule has 2 rings (SSSR count). The molecule has 0 bridgehead atoms. The number of carbonyl (C=O) groups excluding carboxylic acids is 1. The Labute approximate surface area is 126 Å². The second-order valence-electron chi connectivity index (χ2n) is 4.27. The van der Waals surface area contributed by atoms with E-state index < -0.39 is 0 Å². The zero-order chi connectivity index (χ0) is 13.7. The zero-order valence-electron chi connectivity index (χ0n) is 10.6. The van der Waals surface area contributed by atoms with Gasteiger partial charge in [-0.2, -0.15) is 15.7 Å². The molecule has 0 aliphatic carbocycles. The van der Waals surface area contributed by atoms with E-state index in [2.05, 4.69) is 21.2 Å². The Balaban J connectivity index is 1.97. The minimum absolute atomic E-state index is 0.0250. The minimum atomic E-state index is -0.0250. The van der Waals surface area contributed by atoms with Crippen molar-refractivity contribution in [3.8, 4) is 0 Å². The number of halogens is 1. The third-order valence-electron chi connectivity index (χ3n) is 2.74. The smallest absolute Gasteiger partial charge is 0.237 e. The van der Waals surface area contributed by atoms with Crippen molar-refractivity contribution < 1.29 is 4.79 Å². The molecule has 0 aromatic carbocycles. The number of thiophene rings is 1. The molecule has 0 N–H and O–H groups in total. The molecule has 0 radical (unpaired) electrons. The summed E-state index contributed by atoms with van der Waals surface area (Å²) in [4.78, 5) is 14.8. The number of aryl methyl sites for hydroxylation is 1. The lowest BCUT2D eigenvalue weighted by Crippen LogP contribution is -2.33. The molecule has 102 valence electrons. The molecular weight excluding hydrogens is 300 g/mol. The normalized spacial score (nSPS) is 10.6. The molecule has 2 heterocycles. The predicted octanol–water partition coefficient (Wildman–Crippen LogP) is 3.32. The first-order chi connectivity index (χ1) is 9.19. The van der Waals surface area contributed by atoms with E-state index in [0.29, 0.717) is 13.1 Å². The SMILES string of the molecule is Cc1cc(CN(CCc2ccsc2)C(=O)CCl)sn1. The summed E-state index contributed by atoms with van der Waals surface area (Å²) in [5, 5.41) is 4.16. The average molecular weight is 315 g/mol. The maximum Gasteiger partial charge on any atom is 0.237 e. The van der Waals surface area contributed by atoms with Gasteiger partial charge in [-0.25, -0.2) is 0 Å². The molecule has 2 aromatic rings. The molecule has 2 aromatic heterocycles. The number of aromatic nitrogens is 1. The van der Waals surface area contributed by atoms with Gasteiger partial charge < -0.3 is 4.90 Å². The molecule has 0 saturated heterocycles. The Hall–Kier alpha value is -0.910. The number of hydrogen-bond acceptors (Lipinski definition) is 4. The number of hydrogen-bond donors (Lipinski definition) is 0. The van der Waals surface area contributed by atoms with E-state index in [1.54, 1.807) is 16.2 Å². The summed E-state index contributed by atoms with van der Waals surface area (Å²) >= 11 is 8.80. The average Bonchev–Trinajstić information content (AvgIpc) is 3.05. The first-order valence-corrected chi connectivity index (χ1v) is 8.21. The number of alkyl halides is 1. The van der Waals surface area contributed by atoms with Gasteiger partial charge in [0.1, 0.15) is 5.88 Å². The molecule has 6 heteroatoms. The Kier molecular flexibility index (Phi) is 5.36. The van der Waals surface area contributed by atoms with E-state index in [1.807, 2.05) is 13.0 Å². The van der Waals surface area contributed by atoms with Crippen molar-refractivity contribution in [3.05, 3.63) is 39.0 Å². The summed E-state index contributed by atoms with van der Waals surface area (Å²) in [6, 6.07) is 4.11. The van der Waals surface area contributed by atoms with Crippen LogP contribution in [0.5, 0.6) is 0 Å². The molecular formula is C13H15ClN2OS2. The highest BCUT2D eigenvalue weighted by Crippen LogP contribution is 2.14. The van der Waals surface area contributed by atoms with Gasteiger partial charge in [0.05, 0.1) is 12.2 Å². The maximum atomic E-state index is 11.9. The monoisotopic (exact) mass is 314 g/mol. The van der Waals surface area contributed by atoms with Crippen LogP contribution in [0.3, 0.4) is 0 Å². The summed E-state index contributed by atoms with van der Waals surface area (Å²) in [7, 11) is 0. The number of nitrogens with zero attached hydrogens (tertiary/aromatic N) is 2. The fourth-order valence-corrected chi connectivity index (χ4v) is 3.38. The highest BCUT2D eigenvalue weighted by Gasteiger charge is 2.14. The number of amides is 1. The van der Waals surface area contributed by atoms with Crippen LogP contribution < -0.4 is 0 Å². The van der Waals surface area contributed by atoms with E-state index in [1.165, 1.54) is 17.1 Å². The fraction of sp³-hybridized carbons (Fsp3) is 0.385. The van der Waals surface area contributed by atoms with Crippen LogP contribution in [0.1, 0.15) is 16.1 Å². The van der Waals surface area contributed by atoms with Crippen LogP contribution in [0, 0.1) is 6.92 Å². The third kappa shape index (κ3) is 4.30. The van der Waals surface area contributed by atoms with E-state index in [4.69, 9.17) is 11.6 Å². The summed E-state index contributed by atoms with van der Waals surface area (Å²) in [5.74, 6) is 0.00414. The van der Waals surface area contributed by atoms with Gasteiger partial charge in [-0.1, -0.05) is 0 Å². The van der Waals surface area contributed by atoms with Gasteiger partial charge >= 0.3 is 0 Å². The maximum absolute atomic E-state index is 11.9. The number of carbonyl (C=O) groups is 1. The Morgan fingerprint density at radius 3 is 2.95 bits per heavy atom. The van der Waals surface area contributed by atoms with Gasteiger partial charge in [0.2, 0.25) is 5.91 Å². The van der Waals surface area contributed by atoms with E-state index in [9.17, 15) is 4.79 Å². The van der Waals surface area contributed by atoms with Gasteiger partial charge in [0, 0.05) is 11.4 Å². The summed E-state index contributed by atoms with van der Waals surface area (Å²) in [6.07, 6.45) is 0.865. The first kappa shape index (κ1) is 14.5. The highest BCUT2D eigenvalue weighted by atomic mass is 35.5. The van der Waals surface area contributed by atoms with Gasteiger partial charge in [-0.15, -0.1) is 11.6 Å². The summed E-state index contributed by atoms with van der Waals surface area (Å²) in [6.45, 7) is 3.25. The van der Waals surface area contributed by atoms with E-state index in [0.717, 1.165) is 17.0 Å². The molecule has 0 spiro atoms. The van der Waals surface area contributed by atoms with Crippen LogP contribution in [0.4, 0.5) is 0 Å². The quantitative estimate of drug-likeness (QED) is 0.766. The second kappa shape index (κ2) is 7.03. The molecule has 19 heavy (non-hydrogen) atoms. The van der Waals surface area contributed by atoms with Crippen LogP contribution in [-0.2, 0) is 17.8 Å². The predicted molar refractivity (Wildman–Crippen MR) is 81.0 cm³/mol. The second-order valence-corrected chi connectivity index (χ2v) is 6.20. The minimum Gasteiger partial charge on any atom is -0.336 e.